The number of benzene rings is 1. The number of carbonyl (C=O) groups is 1. The summed E-state index contributed by atoms with van der Waals surface area (Å²) in [7, 11) is 1.71. The lowest BCUT2D eigenvalue weighted by atomic mass is 10.2. The maximum absolute atomic E-state index is 11.7. The van der Waals surface area contributed by atoms with Gasteiger partial charge in [-0.3, -0.25) is 4.79 Å². The van der Waals surface area contributed by atoms with Crippen LogP contribution in [0.25, 0.3) is 0 Å². The first-order valence-electron chi connectivity index (χ1n) is 5.47. The Bertz CT molecular complexity index is 391. The molecule has 4 heteroatoms. The van der Waals surface area contributed by atoms with Crippen LogP contribution in [0.15, 0.2) is 36.9 Å². The van der Waals surface area contributed by atoms with Gasteiger partial charge in [0.25, 0.3) is 0 Å². The Labute approximate surface area is 102 Å². The highest BCUT2D eigenvalue weighted by Crippen LogP contribution is 2.16. The fourth-order valence-corrected chi connectivity index (χ4v) is 1.40. The molecule has 0 aliphatic heterocycles. The number of hydrogen-bond donors (Lipinski definition) is 2. The molecule has 0 aliphatic rings. The zero-order chi connectivity index (χ0) is 12.7. The molecule has 0 heterocycles. The molecule has 0 aromatic heterocycles. The summed E-state index contributed by atoms with van der Waals surface area (Å²) in [6, 6.07) is 7.01. The second-order valence-electron chi connectivity index (χ2n) is 3.80. The number of likely N-dealkylation sites (N-methyl/N-ethyl adjacent to an activating group) is 1. The first kappa shape index (κ1) is 13.3. The minimum Gasteiger partial charge on any atom is -0.508 e. The first-order valence-corrected chi connectivity index (χ1v) is 5.47. The molecule has 92 valence electrons. The smallest absolute Gasteiger partial charge is 0.236 e. The molecule has 0 atom stereocenters. The van der Waals surface area contributed by atoms with Crippen molar-refractivity contribution in [3.05, 3.63) is 42.5 Å². The van der Waals surface area contributed by atoms with Gasteiger partial charge in [0, 0.05) is 25.7 Å². The van der Waals surface area contributed by atoms with Gasteiger partial charge in [-0.2, -0.15) is 0 Å². The summed E-state index contributed by atoms with van der Waals surface area (Å²) in [5, 5.41) is 12.5. The summed E-state index contributed by atoms with van der Waals surface area (Å²) < 4.78 is 0. The topological polar surface area (TPSA) is 52.6 Å². The molecule has 1 aromatic rings. The van der Waals surface area contributed by atoms with Gasteiger partial charge in [0.05, 0.1) is 6.54 Å². The van der Waals surface area contributed by atoms with Crippen LogP contribution in [-0.4, -0.2) is 36.1 Å². The fraction of sp³-hybridized carbons (Fsp3) is 0.308. The Morgan fingerprint density at radius 3 is 2.88 bits per heavy atom. The molecular weight excluding hydrogens is 216 g/mol. The number of amides is 1. The lowest BCUT2D eigenvalue weighted by Crippen LogP contribution is -2.35. The van der Waals surface area contributed by atoms with Crippen LogP contribution in [0.4, 0.5) is 0 Å². The lowest BCUT2D eigenvalue weighted by Gasteiger charge is -2.18. The molecule has 17 heavy (non-hydrogen) atoms. The van der Waals surface area contributed by atoms with Gasteiger partial charge >= 0.3 is 0 Å². The Morgan fingerprint density at radius 2 is 2.24 bits per heavy atom. The van der Waals surface area contributed by atoms with E-state index in [1.807, 2.05) is 6.07 Å². The number of hydrogen-bond acceptors (Lipinski definition) is 3. The molecule has 0 unspecified atom stereocenters. The normalized spacial score (nSPS) is 9.94. The van der Waals surface area contributed by atoms with Crippen molar-refractivity contribution in [1.29, 1.82) is 0 Å². The molecule has 1 aromatic carbocycles. The SMILES string of the molecule is C=CCNCC(=O)N(C)Cc1ccccc1O. The molecule has 0 saturated heterocycles. The minimum absolute atomic E-state index is 0.0184. The molecular formula is C13H18N2O2. The van der Waals surface area contributed by atoms with Crippen LogP contribution < -0.4 is 5.32 Å². The summed E-state index contributed by atoms with van der Waals surface area (Å²) in [6.45, 7) is 4.85. The number of nitrogens with zero attached hydrogens (tertiary/aromatic N) is 1. The summed E-state index contributed by atoms with van der Waals surface area (Å²) in [5.74, 6) is 0.196. The zero-order valence-electron chi connectivity index (χ0n) is 10.0. The van der Waals surface area contributed by atoms with Crippen molar-refractivity contribution in [2.24, 2.45) is 0 Å². The molecule has 0 spiro atoms. The van der Waals surface area contributed by atoms with Crippen molar-refractivity contribution in [2.75, 3.05) is 20.1 Å². The van der Waals surface area contributed by atoms with Crippen LogP contribution >= 0.6 is 0 Å². The van der Waals surface area contributed by atoms with Crippen molar-refractivity contribution in [3.8, 4) is 5.75 Å². The van der Waals surface area contributed by atoms with Gasteiger partial charge in [-0.15, -0.1) is 6.58 Å². The number of phenolic OH excluding ortho intramolecular Hbond substituents is 1. The van der Waals surface area contributed by atoms with Crippen molar-refractivity contribution >= 4 is 5.91 Å². The summed E-state index contributed by atoms with van der Waals surface area (Å²) in [5.41, 5.74) is 0.743. The van der Waals surface area contributed by atoms with E-state index >= 15 is 0 Å². The number of carbonyl (C=O) groups excluding carboxylic acids is 1. The molecule has 0 saturated carbocycles. The molecule has 1 amide bonds. The van der Waals surface area contributed by atoms with E-state index in [1.165, 1.54) is 0 Å². The third kappa shape index (κ3) is 4.28. The molecule has 0 bridgehead atoms. The van der Waals surface area contributed by atoms with E-state index in [2.05, 4.69) is 11.9 Å². The van der Waals surface area contributed by atoms with E-state index < -0.39 is 0 Å². The van der Waals surface area contributed by atoms with Crippen LogP contribution in [-0.2, 0) is 11.3 Å². The van der Waals surface area contributed by atoms with Crippen molar-refractivity contribution in [3.63, 3.8) is 0 Å². The molecule has 1 rings (SSSR count). The van der Waals surface area contributed by atoms with Crippen molar-refractivity contribution in [1.82, 2.24) is 10.2 Å². The van der Waals surface area contributed by atoms with Crippen molar-refractivity contribution < 1.29 is 9.90 Å². The number of rotatable bonds is 6. The standard InChI is InChI=1S/C13H18N2O2/c1-3-8-14-9-13(17)15(2)10-11-6-4-5-7-12(11)16/h3-7,14,16H,1,8-10H2,2H3. The van der Waals surface area contributed by atoms with Crippen LogP contribution in [0, 0.1) is 0 Å². The van der Waals surface area contributed by atoms with E-state index in [9.17, 15) is 9.90 Å². The predicted molar refractivity (Wildman–Crippen MR) is 67.6 cm³/mol. The molecule has 0 aliphatic carbocycles. The van der Waals surface area contributed by atoms with E-state index in [0.29, 0.717) is 13.1 Å². The minimum atomic E-state index is -0.0184. The van der Waals surface area contributed by atoms with E-state index in [0.717, 1.165) is 5.56 Å². The number of phenols is 1. The predicted octanol–water partition coefficient (Wildman–Crippen LogP) is 1.13. The summed E-state index contributed by atoms with van der Waals surface area (Å²) >= 11 is 0. The Morgan fingerprint density at radius 1 is 1.53 bits per heavy atom. The second kappa shape index (κ2) is 6.70. The lowest BCUT2D eigenvalue weighted by molar-refractivity contribution is -0.129. The maximum Gasteiger partial charge on any atom is 0.236 e. The van der Waals surface area contributed by atoms with Crippen LogP contribution in [0.2, 0.25) is 0 Å². The largest absolute Gasteiger partial charge is 0.508 e. The number of aromatic hydroxyl groups is 1. The summed E-state index contributed by atoms with van der Waals surface area (Å²) in [4.78, 5) is 13.3. The van der Waals surface area contributed by atoms with Crippen LogP contribution in [0.1, 0.15) is 5.56 Å². The average molecular weight is 234 g/mol. The Hall–Kier alpha value is -1.81. The van der Waals surface area contributed by atoms with Crippen LogP contribution in [0.3, 0.4) is 0 Å². The summed E-state index contributed by atoms with van der Waals surface area (Å²) in [6.07, 6.45) is 1.70. The van der Waals surface area contributed by atoms with Gasteiger partial charge in [-0.1, -0.05) is 24.3 Å². The van der Waals surface area contributed by atoms with Gasteiger partial charge < -0.3 is 15.3 Å². The van der Waals surface area contributed by atoms with E-state index in [-0.39, 0.29) is 18.2 Å². The van der Waals surface area contributed by atoms with Gasteiger partial charge in [0.1, 0.15) is 5.75 Å². The first-order chi connectivity index (χ1) is 8.15. The third-order valence-corrected chi connectivity index (χ3v) is 2.39. The van der Waals surface area contributed by atoms with E-state index in [4.69, 9.17) is 0 Å². The molecule has 4 nitrogen and oxygen atoms in total. The zero-order valence-corrected chi connectivity index (χ0v) is 10.0. The highest BCUT2D eigenvalue weighted by Gasteiger charge is 2.10. The Balaban J connectivity index is 2.48. The van der Waals surface area contributed by atoms with Gasteiger partial charge in [0.2, 0.25) is 5.91 Å². The highest BCUT2D eigenvalue weighted by molar-refractivity contribution is 5.78. The van der Waals surface area contributed by atoms with Gasteiger partial charge in [-0.05, 0) is 6.07 Å². The molecule has 0 radical (unpaired) electrons. The third-order valence-electron chi connectivity index (χ3n) is 2.39. The number of nitrogens with one attached hydrogen (secondary N) is 1. The highest BCUT2D eigenvalue weighted by atomic mass is 16.3. The van der Waals surface area contributed by atoms with Crippen molar-refractivity contribution in [2.45, 2.75) is 6.54 Å². The van der Waals surface area contributed by atoms with E-state index in [1.54, 1.807) is 36.2 Å². The Kier molecular flexibility index (Phi) is 5.23. The fourth-order valence-electron chi connectivity index (χ4n) is 1.40. The molecule has 2 N–H and O–H groups in total. The van der Waals surface area contributed by atoms with Gasteiger partial charge in [0.15, 0.2) is 0 Å². The average Bonchev–Trinajstić information content (AvgIpc) is 2.32. The van der Waals surface area contributed by atoms with Gasteiger partial charge in [-0.25, -0.2) is 0 Å². The van der Waals surface area contributed by atoms with Crippen LogP contribution in [0.5, 0.6) is 5.75 Å². The maximum atomic E-state index is 11.7. The molecule has 0 fully saturated rings. The monoisotopic (exact) mass is 234 g/mol. The quantitative estimate of drug-likeness (QED) is 0.573. The second-order valence-corrected chi connectivity index (χ2v) is 3.80. The number of para-hydroxylation sites is 1.